The summed E-state index contributed by atoms with van der Waals surface area (Å²) in [7, 11) is 0. The number of hydrogen-bond donors (Lipinski definition) is 0. The van der Waals surface area contributed by atoms with E-state index in [4.69, 9.17) is 4.74 Å². The van der Waals surface area contributed by atoms with Crippen molar-refractivity contribution < 1.29 is 13.9 Å². The number of halogens is 1. The summed E-state index contributed by atoms with van der Waals surface area (Å²) in [4.78, 5) is 14.1. The number of fused-ring (bicyclic) bond motifs is 1. The van der Waals surface area contributed by atoms with Crippen LogP contribution in [0.2, 0.25) is 0 Å². The van der Waals surface area contributed by atoms with Crippen molar-refractivity contribution in [3.05, 3.63) is 35.8 Å². The lowest BCUT2D eigenvalue weighted by atomic mass is 10.1. The summed E-state index contributed by atoms with van der Waals surface area (Å²) < 4.78 is 20.8. The van der Waals surface area contributed by atoms with Crippen molar-refractivity contribution in [2.75, 3.05) is 32.8 Å². The minimum Gasteiger partial charge on any atom is -0.379 e. The lowest BCUT2D eigenvalue weighted by molar-refractivity contribution is 0.0365. The molecule has 112 valence electrons. The van der Waals surface area contributed by atoms with Crippen molar-refractivity contribution in [3.63, 3.8) is 0 Å². The average molecular weight is 290 g/mol. The number of morpholine rings is 1. The van der Waals surface area contributed by atoms with E-state index in [-0.39, 0.29) is 11.6 Å². The molecular weight excluding hydrogens is 271 g/mol. The minimum absolute atomic E-state index is 0.0317. The number of ether oxygens (including phenoxy) is 1. The fourth-order valence-electron chi connectivity index (χ4n) is 2.81. The summed E-state index contributed by atoms with van der Waals surface area (Å²) in [5.74, 6) is -0.341. The van der Waals surface area contributed by atoms with Gasteiger partial charge in [0.15, 0.2) is 5.78 Å². The zero-order chi connectivity index (χ0) is 14.8. The molecule has 2 aromatic rings. The molecule has 5 heteroatoms. The van der Waals surface area contributed by atoms with Crippen LogP contribution >= 0.6 is 0 Å². The summed E-state index contributed by atoms with van der Waals surface area (Å²) >= 11 is 0. The Hall–Kier alpha value is -1.72. The number of nitrogens with zero attached hydrogens (tertiary/aromatic N) is 2. The monoisotopic (exact) mass is 290 g/mol. The molecule has 0 N–H and O–H groups in total. The van der Waals surface area contributed by atoms with Crippen LogP contribution in [0.1, 0.15) is 17.3 Å². The van der Waals surface area contributed by atoms with E-state index in [1.807, 2.05) is 10.8 Å². The first-order valence-electron chi connectivity index (χ1n) is 7.24. The highest BCUT2D eigenvalue weighted by Gasteiger charge is 2.14. The van der Waals surface area contributed by atoms with Gasteiger partial charge in [-0.2, -0.15) is 0 Å². The molecule has 1 saturated heterocycles. The topological polar surface area (TPSA) is 34.5 Å². The summed E-state index contributed by atoms with van der Waals surface area (Å²) in [5, 5.41) is 0.699. The van der Waals surface area contributed by atoms with Crippen molar-refractivity contribution >= 4 is 16.7 Å². The van der Waals surface area contributed by atoms with Gasteiger partial charge in [0.05, 0.1) is 13.2 Å². The molecule has 21 heavy (non-hydrogen) atoms. The number of ketones is 1. The zero-order valence-electron chi connectivity index (χ0n) is 12.1. The summed E-state index contributed by atoms with van der Waals surface area (Å²) in [6.07, 6.45) is 1.84. The van der Waals surface area contributed by atoms with Crippen LogP contribution in [0.3, 0.4) is 0 Å². The molecule has 0 bridgehead atoms. The molecule has 0 radical (unpaired) electrons. The van der Waals surface area contributed by atoms with Crippen LogP contribution in [0, 0.1) is 5.82 Å². The average Bonchev–Trinajstić information content (AvgIpc) is 2.84. The van der Waals surface area contributed by atoms with Crippen molar-refractivity contribution in [1.29, 1.82) is 0 Å². The van der Waals surface area contributed by atoms with Crippen LogP contribution in [-0.2, 0) is 11.3 Å². The number of carbonyl (C=O) groups excluding carboxylic acids is 1. The number of hydrogen-bond acceptors (Lipinski definition) is 3. The van der Waals surface area contributed by atoms with Crippen molar-refractivity contribution in [2.45, 2.75) is 13.5 Å². The van der Waals surface area contributed by atoms with E-state index in [1.54, 1.807) is 6.07 Å². The van der Waals surface area contributed by atoms with Gasteiger partial charge in [-0.25, -0.2) is 4.39 Å². The summed E-state index contributed by atoms with van der Waals surface area (Å²) in [6, 6.07) is 4.63. The maximum Gasteiger partial charge on any atom is 0.161 e. The van der Waals surface area contributed by atoms with E-state index in [9.17, 15) is 9.18 Å². The second-order valence-electron chi connectivity index (χ2n) is 5.41. The molecular formula is C16H19FN2O2. The first kappa shape index (κ1) is 14.2. The van der Waals surface area contributed by atoms with Crippen molar-refractivity contribution in [1.82, 2.24) is 9.47 Å². The molecule has 1 aromatic carbocycles. The van der Waals surface area contributed by atoms with Crippen LogP contribution in [0.4, 0.5) is 4.39 Å². The maximum atomic E-state index is 13.4. The second-order valence-corrected chi connectivity index (χ2v) is 5.41. The highest BCUT2D eigenvalue weighted by atomic mass is 19.1. The number of aromatic nitrogens is 1. The second kappa shape index (κ2) is 5.95. The quantitative estimate of drug-likeness (QED) is 0.811. The first-order chi connectivity index (χ1) is 10.1. The zero-order valence-corrected chi connectivity index (χ0v) is 12.1. The van der Waals surface area contributed by atoms with Crippen LogP contribution in [0.5, 0.6) is 0 Å². The summed E-state index contributed by atoms with van der Waals surface area (Å²) in [5.41, 5.74) is 1.50. The van der Waals surface area contributed by atoms with Crippen LogP contribution in [0.25, 0.3) is 10.9 Å². The third kappa shape index (κ3) is 2.99. The number of Topliss-reactive ketones (excluding diaryl/α,β-unsaturated/α-hetero) is 1. The van der Waals surface area contributed by atoms with Gasteiger partial charge in [-0.1, -0.05) is 0 Å². The van der Waals surface area contributed by atoms with E-state index in [1.165, 1.54) is 19.1 Å². The number of carbonyl (C=O) groups is 1. The lowest BCUT2D eigenvalue weighted by Gasteiger charge is -2.26. The smallest absolute Gasteiger partial charge is 0.161 e. The molecule has 4 nitrogen and oxygen atoms in total. The molecule has 0 atom stereocenters. The molecule has 2 heterocycles. The number of rotatable bonds is 4. The minimum atomic E-state index is -0.309. The van der Waals surface area contributed by atoms with Crippen molar-refractivity contribution in [3.8, 4) is 0 Å². The number of benzene rings is 1. The van der Waals surface area contributed by atoms with E-state index in [0.717, 1.165) is 44.9 Å². The molecule has 1 aromatic heterocycles. The predicted molar refractivity (Wildman–Crippen MR) is 79.2 cm³/mol. The van der Waals surface area contributed by atoms with Gasteiger partial charge in [-0.05, 0) is 25.1 Å². The van der Waals surface area contributed by atoms with E-state index < -0.39 is 0 Å². The Morgan fingerprint density at radius 2 is 2.05 bits per heavy atom. The first-order valence-corrected chi connectivity index (χ1v) is 7.24. The van der Waals surface area contributed by atoms with Crippen molar-refractivity contribution in [2.24, 2.45) is 0 Å². The van der Waals surface area contributed by atoms with Gasteiger partial charge < -0.3 is 9.30 Å². The van der Waals surface area contributed by atoms with E-state index >= 15 is 0 Å². The molecule has 3 rings (SSSR count). The van der Waals surface area contributed by atoms with E-state index in [0.29, 0.717) is 10.9 Å². The van der Waals surface area contributed by atoms with Gasteiger partial charge in [-0.15, -0.1) is 0 Å². The SMILES string of the molecule is CC(=O)c1cn(CCN2CCOCC2)c2ccc(F)cc12. The predicted octanol–water partition coefficient (Wildman–Crippen LogP) is 2.32. The maximum absolute atomic E-state index is 13.4. The Kier molecular flexibility index (Phi) is 4.03. The lowest BCUT2D eigenvalue weighted by Crippen LogP contribution is -2.38. The van der Waals surface area contributed by atoms with Gasteiger partial charge in [0.1, 0.15) is 5.82 Å². The molecule has 0 saturated carbocycles. The Labute approximate surface area is 123 Å². The van der Waals surface area contributed by atoms with Gasteiger partial charge in [0.25, 0.3) is 0 Å². The van der Waals surface area contributed by atoms with Gasteiger partial charge in [-0.3, -0.25) is 9.69 Å². The Morgan fingerprint density at radius 1 is 1.29 bits per heavy atom. The van der Waals surface area contributed by atoms with Crippen LogP contribution in [0.15, 0.2) is 24.4 Å². The normalized spacial score (nSPS) is 16.5. The molecule has 1 aliphatic heterocycles. The third-order valence-electron chi connectivity index (χ3n) is 3.98. The third-order valence-corrected chi connectivity index (χ3v) is 3.98. The Balaban J connectivity index is 1.85. The Bertz CT molecular complexity index is 660. The fraction of sp³-hybridized carbons (Fsp3) is 0.438. The molecule has 0 aliphatic carbocycles. The largest absolute Gasteiger partial charge is 0.379 e. The van der Waals surface area contributed by atoms with Gasteiger partial charge >= 0.3 is 0 Å². The summed E-state index contributed by atoms with van der Waals surface area (Å²) in [6.45, 7) is 6.64. The van der Waals surface area contributed by atoms with E-state index in [2.05, 4.69) is 4.90 Å². The molecule has 1 fully saturated rings. The van der Waals surface area contributed by atoms with Crippen LogP contribution < -0.4 is 0 Å². The molecule has 0 spiro atoms. The highest BCUT2D eigenvalue weighted by Crippen LogP contribution is 2.23. The van der Waals surface area contributed by atoms with Crippen LogP contribution in [-0.4, -0.2) is 48.1 Å². The van der Waals surface area contributed by atoms with Gasteiger partial charge in [0.2, 0.25) is 0 Å². The van der Waals surface area contributed by atoms with Gasteiger partial charge in [0, 0.05) is 48.8 Å². The standard InChI is InChI=1S/C16H19FN2O2/c1-12(20)15-11-19(5-4-18-6-8-21-9-7-18)16-3-2-13(17)10-14(15)16/h2-3,10-11H,4-9H2,1H3. The highest BCUT2D eigenvalue weighted by molar-refractivity contribution is 6.06. The Morgan fingerprint density at radius 3 is 2.76 bits per heavy atom. The molecule has 1 aliphatic rings. The molecule has 0 unspecified atom stereocenters. The molecule has 0 amide bonds. The fourth-order valence-corrected chi connectivity index (χ4v) is 2.81.